The summed E-state index contributed by atoms with van der Waals surface area (Å²) in [5.74, 6) is -0.746. The molecular formula is C13H18ClFN2O3S. The minimum atomic E-state index is -3.86. The zero-order chi connectivity index (χ0) is 15.6. The number of hydrogen-bond donors (Lipinski definition) is 2. The highest BCUT2D eigenvalue weighted by atomic mass is 35.5. The number of benzene rings is 1. The van der Waals surface area contributed by atoms with Gasteiger partial charge in [0, 0.05) is 19.2 Å². The number of sulfonamides is 1. The topological polar surface area (TPSA) is 83.6 Å². The van der Waals surface area contributed by atoms with Gasteiger partial charge in [-0.05, 0) is 31.4 Å². The van der Waals surface area contributed by atoms with Crippen LogP contribution in [-0.4, -0.2) is 37.0 Å². The first-order chi connectivity index (χ1) is 9.87. The molecule has 0 radical (unpaired) electrons. The minimum absolute atomic E-state index is 0.0936. The van der Waals surface area contributed by atoms with E-state index in [1.165, 1.54) is 4.31 Å². The van der Waals surface area contributed by atoms with Gasteiger partial charge in [-0.1, -0.05) is 18.0 Å². The number of halogens is 2. The SMILES string of the molecule is Nc1cc(S(=O)(=O)N(CCCO)C2CCC2)c(Cl)cc1F. The molecular weight excluding hydrogens is 319 g/mol. The van der Waals surface area contributed by atoms with Crippen LogP contribution >= 0.6 is 11.6 Å². The summed E-state index contributed by atoms with van der Waals surface area (Å²) in [7, 11) is -3.86. The van der Waals surface area contributed by atoms with E-state index in [0.717, 1.165) is 31.4 Å². The quantitative estimate of drug-likeness (QED) is 0.778. The fourth-order valence-corrected chi connectivity index (χ4v) is 4.52. The Labute approximate surface area is 128 Å². The van der Waals surface area contributed by atoms with Crippen LogP contribution < -0.4 is 5.73 Å². The van der Waals surface area contributed by atoms with Crippen LogP contribution in [0.1, 0.15) is 25.7 Å². The largest absolute Gasteiger partial charge is 0.396 e. The van der Waals surface area contributed by atoms with Crippen LogP contribution in [0.4, 0.5) is 10.1 Å². The van der Waals surface area contributed by atoms with E-state index < -0.39 is 15.8 Å². The summed E-state index contributed by atoms with van der Waals surface area (Å²) in [6.07, 6.45) is 2.86. The molecule has 0 saturated heterocycles. The fraction of sp³-hybridized carbons (Fsp3) is 0.538. The maximum atomic E-state index is 13.3. The molecule has 0 bridgehead atoms. The van der Waals surface area contributed by atoms with Gasteiger partial charge in [-0.15, -0.1) is 0 Å². The van der Waals surface area contributed by atoms with Gasteiger partial charge >= 0.3 is 0 Å². The van der Waals surface area contributed by atoms with E-state index in [9.17, 15) is 12.8 Å². The summed E-state index contributed by atoms with van der Waals surface area (Å²) in [5.41, 5.74) is 5.20. The lowest BCUT2D eigenvalue weighted by Crippen LogP contribution is -2.44. The number of aliphatic hydroxyl groups is 1. The second-order valence-electron chi connectivity index (χ2n) is 5.08. The zero-order valence-corrected chi connectivity index (χ0v) is 13.0. The molecule has 1 saturated carbocycles. The van der Waals surface area contributed by atoms with Gasteiger partial charge < -0.3 is 10.8 Å². The highest BCUT2D eigenvalue weighted by molar-refractivity contribution is 7.89. The number of rotatable bonds is 6. The van der Waals surface area contributed by atoms with E-state index in [2.05, 4.69) is 0 Å². The highest BCUT2D eigenvalue weighted by Gasteiger charge is 2.35. The molecule has 0 amide bonds. The third-order valence-electron chi connectivity index (χ3n) is 3.66. The molecule has 1 aromatic rings. The lowest BCUT2D eigenvalue weighted by atomic mass is 9.93. The molecule has 21 heavy (non-hydrogen) atoms. The maximum Gasteiger partial charge on any atom is 0.244 e. The number of nitrogens with zero attached hydrogens (tertiary/aromatic N) is 1. The standard InChI is InChI=1S/C13H18ClFN2O3S/c14-10-7-11(15)12(16)8-13(10)21(19,20)17(5-2-6-18)9-3-1-4-9/h7-9,18H,1-6,16H2. The van der Waals surface area contributed by atoms with Crippen LogP contribution in [0.2, 0.25) is 5.02 Å². The van der Waals surface area contributed by atoms with E-state index in [4.69, 9.17) is 22.4 Å². The molecule has 3 N–H and O–H groups in total. The van der Waals surface area contributed by atoms with Crippen LogP contribution in [0.25, 0.3) is 0 Å². The summed E-state index contributed by atoms with van der Waals surface area (Å²) in [4.78, 5) is -0.187. The van der Waals surface area contributed by atoms with Crippen molar-refractivity contribution in [3.05, 3.63) is 23.0 Å². The summed E-state index contributed by atoms with van der Waals surface area (Å²) in [5, 5.41) is 8.76. The molecule has 118 valence electrons. The van der Waals surface area contributed by atoms with Crippen molar-refractivity contribution in [3.63, 3.8) is 0 Å². The van der Waals surface area contributed by atoms with Crippen molar-refractivity contribution in [1.82, 2.24) is 4.31 Å². The molecule has 0 heterocycles. The second kappa shape index (κ2) is 6.48. The van der Waals surface area contributed by atoms with E-state index in [0.29, 0.717) is 6.42 Å². The molecule has 0 unspecified atom stereocenters. The fourth-order valence-electron chi connectivity index (χ4n) is 2.27. The summed E-state index contributed by atoms with van der Waals surface area (Å²) in [6.45, 7) is 0.106. The highest BCUT2D eigenvalue weighted by Crippen LogP contribution is 2.34. The minimum Gasteiger partial charge on any atom is -0.396 e. The summed E-state index contributed by atoms with van der Waals surface area (Å²) >= 11 is 5.88. The molecule has 8 heteroatoms. The lowest BCUT2D eigenvalue weighted by Gasteiger charge is -2.36. The second-order valence-corrected chi connectivity index (χ2v) is 7.35. The predicted molar refractivity (Wildman–Crippen MR) is 79.1 cm³/mol. The van der Waals surface area contributed by atoms with Crippen molar-refractivity contribution < 1.29 is 17.9 Å². The van der Waals surface area contributed by atoms with Crippen LogP contribution in [0.5, 0.6) is 0 Å². The molecule has 0 aliphatic heterocycles. The molecule has 1 fully saturated rings. The zero-order valence-electron chi connectivity index (χ0n) is 11.4. The van der Waals surface area contributed by atoms with Crippen molar-refractivity contribution in [1.29, 1.82) is 0 Å². The third-order valence-corrected chi connectivity index (χ3v) is 6.07. The Morgan fingerprint density at radius 2 is 2.10 bits per heavy atom. The average Bonchev–Trinajstić information content (AvgIpc) is 2.36. The van der Waals surface area contributed by atoms with Gasteiger partial charge in [0.15, 0.2) is 0 Å². The Morgan fingerprint density at radius 1 is 1.43 bits per heavy atom. The number of nitrogens with two attached hydrogens (primary N) is 1. The van der Waals surface area contributed by atoms with E-state index in [1.54, 1.807) is 0 Å². The van der Waals surface area contributed by atoms with Crippen LogP contribution in [-0.2, 0) is 10.0 Å². The van der Waals surface area contributed by atoms with Gasteiger partial charge in [0.1, 0.15) is 10.7 Å². The Bertz CT molecular complexity index is 620. The lowest BCUT2D eigenvalue weighted by molar-refractivity contribution is 0.198. The number of anilines is 1. The Morgan fingerprint density at radius 3 is 2.62 bits per heavy atom. The van der Waals surface area contributed by atoms with Crippen molar-refractivity contribution in [2.45, 2.75) is 36.6 Å². The Hall–Kier alpha value is -0.890. The van der Waals surface area contributed by atoms with Crippen molar-refractivity contribution in [2.75, 3.05) is 18.9 Å². The average molecular weight is 337 g/mol. The van der Waals surface area contributed by atoms with Crippen LogP contribution in [0.15, 0.2) is 17.0 Å². The number of aliphatic hydroxyl groups excluding tert-OH is 1. The van der Waals surface area contributed by atoms with E-state index in [1.807, 2.05) is 0 Å². The molecule has 5 nitrogen and oxygen atoms in total. The Balaban J connectivity index is 2.40. The smallest absolute Gasteiger partial charge is 0.244 e. The van der Waals surface area contributed by atoms with Gasteiger partial charge in [-0.25, -0.2) is 12.8 Å². The van der Waals surface area contributed by atoms with Gasteiger partial charge in [0.25, 0.3) is 0 Å². The molecule has 0 atom stereocenters. The molecule has 0 aromatic heterocycles. The molecule has 0 spiro atoms. The maximum absolute atomic E-state index is 13.3. The number of hydrogen-bond acceptors (Lipinski definition) is 4. The Kier molecular flexibility index (Phi) is 5.08. The van der Waals surface area contributed by atoms with Gasteiger partial charge in [-0.2, -0.15) is 4.31 Å². The normalized spacial score (nSPS) is 16.2. The third kappa shape index (κ3) is 3.31. The summed E-state index contributed by atoms with van der Waals surface area (Å²) in [6, 6.07) is 1.87. The molecule has 1 aromatic carbocycles. The monoisotopic (exact) mass is 336 g/mol. The first-order valence-electron chi connectivity index (χ1n) is 6.75. The predicted octanol–water partition coefficient (Wildman–Crippen LogP) is 1.99. The van der Waals surface area contributed by atoms with E-state index >= 15 is 0 Å². The van der Waals surface area contributed by atoms with Crippen LogP contribution in [0, 0.1) is 5.82 Å². The van der Waals surface area contributed by atoms with Crippen molar-refractivity contribution in [2.24, 2.45) is 0 Å². The van der Waals surface area contributed by atoms with Crippen molar-refractivity contribution >= 4 is 27.3 Å². The molecule has 2 rings (SSSR count). The number of nitrogen functional groups attached to an aromatic ring is 1. The van der Waals surface area contributed by atoms with Gasteiger partial charge in [0.2, 0.25) is 10.0 Å². The van der Waals surface area contributed by atoms with Crippen molar-refractivity contribution in [3.8, 4) is 0 Å². The molecule has 1 aliphatic carbocycles. The first-order valence-corrected chi connectivity index (χ1v) is 8.57. The molecule has 1 aliphatic rings. The van der Waals surface area contributed by atoms with Gasteiger partial charge in [0.05, 0.1) is 10.7 Å². The van der Waals surface area contributed by atoms with Crippen LogP contribution in [0.3, 0.4) is 0 Å². The van der Waals surface area contributed by atoms with Gasteiger partial charge in [-0.3, -0.25) is 0 Å². The summed E-state index contributed by atoms with van der Waals surface area (Å²) < 4.78 is 40.2. The first kappa shape index (κ1) is 16.5. The van der Waals surface area contributed by atoms with E-state index in [-0.39, 0.29) is 34.8 Å².